The van der Waals surface area contributed by atoms with Crippen LogP contribution in [0, 0.1) is 16.0 Å². The van der Waals surface area contributed by atoms with Crippen molar-refractivity contribution in [2.45, 2.75) is 18.9 Å². The Hall–Kier alpha value is -2.60. The predicted molar refractivity (Wildman–Crippen MR) is 123 cm³/mol. The van der Waals surface area contributed by atoms with Crippen LogP contribution in [0.15, 0.2) is 71.9 Å². The molecule has 0 spiro atoms. The number of halogens is 3. The second-order valence-corrected chi connectivity index (χ2v) is 8.57. The Balaban J connectivity index is 1.57. The van der Waals surface area contributed by atoms with Gasteiger partial charge < -0.3 is 4.84 Å². The molecule has 0 N–H and O–H groups in total. The van der Waals surface area contributed by atoms with Gasteiger partial charge in [-0.2, -0.15) is 0 Å². The first-order chi connectivity index (χ1) is 14.9. The lowest BCUT2D eigenvalue weighted by molar-refractivity contribution is -0.384. The summed E-state index contributed by atoms with van der Waals surface area (Å²) < 4.78 is 0. The van der Waals surface area contributed by atoms with E-state index in [1.807, 2.05) is 24.3 Å². The number of nitro benzene ring substituents is 1. The zero-order valence-corrected chi connectivity index (χ0v) is 18.4. The highest BCUT2D eigenvalue weighted by molar-refractivity contribution is 6.35. The van der Waals surface area contributed by atoms with Crippen LogP contribution < -0.4 is 0 Å². The maximum absolute atomic E-state index is 11.0. The zero-order valence-electron chi connectivity index (χ0n) is 16.2. The van der Waals surface area contributed by atoms with Crippen molar-refractivity contribution in [2.75, 3.05) is 0 Å². The van der Waals surface area contributed by atoms with Crippen LogP contribution in [-0.4, -0.2) is 10.6 Å². The van der Waals surface area contributed by atoms with Gasteiger partial charge in [-0.05, 0) is 54.3 Å². The molecule has 1 aliphatic rings. The molecule has 2 unspecified atom stereocenters. The normalized spacial score (nSPS) is 18.0. The molecule has 0 amide bonds. The van der Waals surface area contributed by atoms with Gasteiger partial charge in [-0.25, -0.2) is 0 Å². The van der Waals surface area contributed by atoms with E-state index in [0.717, 1.165) is 23.3 Å². The number of hydrogen-bond donors (Lipinski definition) is 0. The van der Waals surface area contributed by atoms with E-state index in [2.05, 4.69) is 5.16 Å². The van der Waals surface area contributed by atoms with Crippen LogP contribution in [0.25, 0.3) is 0 Å². The third kappa shape index (κ3) is 5.18. The molecule has 1 saturated carbocycles. The second kappa shape index (κ2) is 9.27. The molecule has 0 aliphatic heterocycles. The Morgan fingerprint density at radius 1 is 1.00 bits per heavy atom. The van der Waals surface area contributed by atoms with E-state index in [0.29, 0.717) is 15.1 Å². The fourth-order valence-corrected chi connectivity index (χ4v) is 4.06. The van der Waals surface area contributed by atoms with Gasteiger partial charge in [0.05, 0.1) is 10.6 Å². The molecule has 0 aromatic heterocycles. The smallest absolute Gasteiger partial charge is 0.269 e. The highest BCUT2D eigenvalue weighted by Crippen LogP contribution is 2.49. The summed E-state index contributed by atoms with van der Waals surface area (Å²) >= 11 is 18.2. The van der Waals surface area contributed by atoms with Crippen molar-refractivity contribution >= 4 is 46.2 Å². The largest absolute Gasteiger partial charge is 0.391 e. The molecule has 3 aromatic carbocycles. The summed E-state index contributed by atoms with van der Waals surface area (Å²) in [4.78, 5) is 16.2. The van der Waals surface area contributed by atoms with Gasteiger partial charge in [0.1, 0.15) is 6.61 Å². The molecule has 1 fully saturated rings. The van der Waals surface area contributed by atoms with Crippen molar-refractivity contribution in [3.05, 3.63) is 109 Å². The van der Waals surface area contributed by atoms with Crippen LogP contribution in [-0.2, 0) is 11.4 Å². The third-order valence-electron chi connectivity index (χ3n) is 5.21. The average Bonchev–Trinajstić information content (AvgIpc) is 3.53. The summed E-state index contributed by atoms with van der Waals surface area (Å²) in [6.45, 7) is 0.185. The first-order valence-electron chi connectivity index (χ1n) is 9.56. The fourth-order valence-electron chi connectivity index (χ4n) is 3.47. The summed E-state index contributed by atoms with van der Waals surface area (Å²) in [6, 6.07) is 19.3. The number of non-ortho nitro benzene ring substituents is 1. The Bertz CT molecular complexity index is 1130. The summed E-state index contributed by atoms with van der Waals surface area (Å²) in [5, 5.41) is 17.1. The van der Waals surface area contributed by atoms with Crippen molar-refractivity contribution in [3.63, 3.8) is 0 Å². The van der Waals surface area contributed by atoms with Crippen LogP contribution in [0.2, 0.25) is 15.1 Å². The Labute approximate surface area is 194 Å². The van der Waals surface area contributed by atoms with Gasteiger partial charge in [-0.15, -0.1) is 0 Å². The second-order valence-electron chi connectivity index (χ2n) is 7.29. The lowest BCUT2D eigenvalue weighted by atomic mass is 10.0. The van der Waals surface area contributed by atoms with E-state index in [1.165, 1.54) is 17.7 Å². The molecule has 1 aliphatic carbocycles. The van der Waals surface area contributed by atoms with E-state index >= 15 is 0 Å². The molecular weight excluding hydrogens is 459 g/mol. The van der Waals surface area contributed by atoms with Gasteiger partial charge in [-0.3, -0.25) is 10.1 Å². The molecule has 0 heterocycles. The van der Waals surface area contributed by atoms with Gasteiger partial charge in [0, 0.05) is 44.2 Å². The predicted octanol–water partition coefficient (Wildman–Crippen LogP) is 7.28. The van der Waals surface area contributed by atoms with Crippen molar-refractivity contribution in [2.24, 2.45) is 11.1 Å². The molecule has 0 radical (unpaired) electrons. The molecular formula is C23H17Cl3N2O3. The van der Waals surface area contributed by atoms with Crippen LogP contribution in [0.5, 0.6) is 0 Å². The van der Waals surface area contributed by atoms with Gasteiger partial charge in [0.25, 0.3) is 5.69 Å². The topological polar surface area (TPSA) is 64.7 Å². The zero-order chi connectivity index (χ0) is 22.0. The highest BCUT2D eigenvalue weighted by atomic mass is 35.5. The molecule has 2 atom stereocenters. The number of oxime groups is 1. The first-order valence-corrected chi connectivity index (χ1v) is 10.7. The van der Waals surface area contributed by atoms with Crippen molar-refractivity contribution < 1.29 is 9.76 Å². The molecule has 0 bridgehead atoms. The minimum Gasteiger partial charge on any atom is -0.391 e. The van der Waals surface area contributed by atoms with E-state index in [1.54, 1.807) is 30.3 Å². The number of nitrogens with zero attached hydrogens (tertiary/aromatic N) is 2. The molecule has 5 nitrogen and oxygen atoms in total. The van der Waals surface area contributed by atoms with E-state index in [9.17, 15) is 10.1 Å². The monoisotopic (exact) mass is 474 g/mol. The van der Waals surface area contributed by atoms with Gasteiger partial charge in [-0.1, -0.05) is 58.2 Å². The lowest BCUT2D eigenvalue weighted by Gasteiger charge is -2.09. The van der Waals surface area contributed by atoms with Crippen molar-refractivity contribution in [1.82, 2.24) is 0 Å². The van der Waals surface area contributed by atoms with E-state index in [4.69, 9.17) is 39.6 Å². The number of rotatable bonds is 7. The molecule has 4 rings (SSSR count). The Morgan fingerprint density at radius 3 is 2.32 bits per heavy atom. The fraction of sp³-hybridized carbons (Fsp3) is 0.174. The van der Waals surface area contributed by atoms with E-state index < -0.39 is 4.92 Å². The molecule has 158 valence electrons. The summed E-state index contributed by atoms with van der Waals surface area (Å²) in [5.74, 6) is 0.428. The van der Waals surface area contributed by atoms with Crippen LogP contribution in [0.1, 0.15) is 29.0 Å². The van der Waals surface area contributed by atoms with Crippen molar-refractivity contribution in [1.29, 1.82) is 0 Å². The number of benzene rings is 3. The van der Waals surface area contributed by atoms with E-state index in [-0.39, 0.29) is 24.1 Å². The maximum Gasteiger partial charge on any atom is 0.269 e. The van der Waals surface area contributed by atoms with Crippen LogP contribution in [0.3, 0.4) is 0 Å². The maximum atomic E-state index is 11.0. The third-order valence-corrected chi connectivity index (χ3v) is 6.05. The van der Waals surface area contributed by atoms with Crippen LogP contribution in [0.4, 0.5) is 5.69 Å². The van der Waals surface area contributed by atoms with Crippen molar-refractivity contribution in [3.8, 4) is 0 Å². The molecule has 0 saturated heterocycles. The Morgan fingerprint density at radius 2 is 1.68 bits per heavy atom. The quantitative estimate of drug-likeness (QED) is 0.205. The lowest BCUT2D eigenvalue weighted by Crippen LogP contribution is -2.07. The molecule has 31 heavy (non-hydrogen) atoms. The van der Waals surface area contributed by atoms with Gasteiger partial charge in [0.15, 0.2) is 0 Å². The highest BCUT2D eigenvalue weighted by Gasteiger charge is 2.43. The van der Waals surface area contributed by atoms with Crippen LogP contribution >= 0.6 is 34.8 Å². The standard InChI is InChI=1S/C23H17Cl3N2O3/c24-17-6-1-14(2-7-17)20-12-21(20)23(15-4-9-19(10-5-15)28(29)30)27-31-13-16-3-8-18(25)11-22(16)26/h1-11,20-21H,12-13H2. The number of nitro groups is 1. The minimum absolute atomic E-state index is 0.0296. The first kappa shape index (κ1) is 21.6. The van der Waals surface area contributed by atoms with Gasteiger partial charge >= 0.3 is 0 Å². The molecule has 8 heteroatoms. The summed E-state index contributed by atoms with van der Waals surface area (Å²) in [6.07, 6.45) is 0.905. The average molecular weight is 476 g/mol. The minimum atomic E-state index is -0.423. The summed E-state index contributed by atoms with van der Waals surface area (Å²) in [5.41, 5.74) is 3.50. The molecule has 3 aromatic rings. The summed E-state index contributed by atoms with van der Waals surface area (Å²) in [7, 11) is 0. The SMILES string of the molecule is O=[N+]([O-])c1ccc(C(=NOCc2ccc(Cl)cc2Cl)C2CC2c2ccc(Cl)cc2)cc1. The Kier molecular flexibility index (Phi) is 6.46. The number of hydrogen-bond acceptors (Lipinski definition) is 4. The van der Waals surface area contributed by atoms with Gasteiger partial charge in [0.2, 0.25) is 0 Å².